The first-order valence-corrected chi connectivity index (χ1v) is 12.1. The number of nitrogens with zero attached hydrogens (tertiary/aromatic N) is 3. The molecule has 2 aromatic carbocycles. The van der Waals surface area contributed by atoms with Gasteiger partial charge in [0.15, 0.2) is 0 Å². The number of likely N-dealkylation sites (tertiary alicyclic amines) is 1. The summed E-state index contributed by atoms with van der Waals surface area (Å²) in [6.07, 6.45) is 1.81. The molecule has 7 nitrogen and oxygen atoms in total. The standard InChI is InChI=1S/C24H23ClN4O3S/c1-24(16-8-2-3-9-17(16)25)22(31)29(23(32)27-24)14-20(30)28-12-6-7-15(13-28)21-26-18-10-4-5-11-19(18)33-21/h2-5,8-11,15H,6-7,12-14H2,1H3,(H,27,32)/t15-,24-/m1/s1. The van der Waals surface area contributed by atoms with Crippen LogP contribution in [0.5, 0.6) is 0 Å². The highest BCUT2D eigenvalue weighted by molar-refractivity contribution is 7.18. The Labute approximate surface area is 200 Å². The van der Waals surface area contributed by atoms with Crippen molar-refractivity contribution in [2.45, 2.75) is 31.2 Å². The molecule has 0 saturated carbocycles. The molecule has 9 heteroatoms. The predicted molar refractivity (Wildman–Crippen MR) is 127 cm³/mol. The minimum atomic E-state index is -1.30. The van der Waals surface area contributed by atoms with E-state index >= 15 is 0 Å². The maximum absolute atomic E-state index is 13.2. The normalized spacial score (nSPS) is 23.3. The summed E-state index contributed by atoms with van der Waals surface area (Å²) in [7, 11) is 0. The van der Waals surface area contributed by atoms with Crippen LogP contribution < -0.4 is 5.32 Å². The van der Waals surface area contributed by atoms with E-state index in [-0.39, 0.29) is 18.4 Å². The number of amides is 4. The molecule has 2 saturated heterocycles. The second-order valence-corrected chi connectivity index (χ2v) is 10.1. The summed E-state index contributed by atoms with van der Waals surface area (Å²) in [4.78, 5) is 46.5. The van der Waals surface area contributed by atoms with Gasteiger partial charge in [0, 0.05) is 29.6 Å². The number of para-hydroxylation sites is 1. The number of hydrogen-bond donors (Lipinski definition) is 1. The Hall–Kier alpha value is -2.97. The van der Waals surface area contributed by atoms with Crippen molar-refractivity contribution in [1.82, 2.24) is 20.1 Å². The van der Waals surface area contributed by atoms with Crippen LogP contribution >= 0.6 is 22.9 Å². The Morgan fingerprint density at radius 1 is 1.21 bits per heavy atom. The third-order valence-corrected chi connectivity index (χ3v) is 7.94. The maximum atomic E-state index is 13.2. The number of carbonyl (C=O) groups is 3. The van der Waals surface area contributed by atoms with Crippen molar-refractivity contribution in [2.75, 3.05) is 19.6 Å². The number of nitrogens with one attached hydrogen (secondary N) is 1. The number of aromatic nitrogens is 1. The first kappa shape index (κ1) is 21.9. The van der Waals surface area contributed by atoms with E-state index in [1.54, 1.807) is 47.4 Å². The van der Waals surface area contributed by atoms with Gasteiger partial charge in [0.1, 0.15) is 12.1 Å². The van der Waals surface area contributed by atoms with Crippen LogP contribution in [0.2, 0.25) is 5.02 Å². The van der Waals surface area contributed by atoms with Gasteiger partial charge in [0.25, 0.3) is 5.91 Å². The molecule has 0 aliphatic carbocycles. The molecule has 2 aliphatic rings. The lowest BCUT2D eigenvalue weighted by Gasteiger charge is -2.32. The summed E-state index contributed by atoms with van der Waals surface area (Å²) in [5, 5.41) is 4.13. The fourth-order valence-corrected chi connectivity index (χ4v) is 6.01. The quantitative estimate of drug-likeness (QED) is 0.567. The van der Waals surface area contributed by atoms with Gasteiger partial charge < -0.3 is 10.2 Å². The maximum Gasteiger partial charge on any atom is 0.325 e. The van der Waals surface area contributed by atoms with Gasteiger partial charge in [-0.15, -0.1) is 11.3 Å². The first-order valence-electron chi connectivity index (χ1n) is 10.9. The zero-order valence-corrected chi connectivity index (χ0v) is 19.7. The molecule has 2 aliphatic heterocycles. The topological polar surface area (TPSA) is 82.6 Å². The van der Waals surface area contributed by atoms with E-state index in [0.717, 1.165) is 33.0 Å². The molecule has 0 radical (unpaired) electrons. The average molecular weight is 483 g/mol. The van der Waals surface area contributed by atoms with Gasteiger partial charge >= 0.3 is 6.03 Å². The Balaban J connectivity index is 1.30. The fourth-order valence-electron chi connectivity index (χ4n) is 4.59. The summed E-state index contributed by atoms with van der Waals surface area (Å²) >= 11 is 7.94. The smallest absolute Gasteiger partial charge is 0.325 e. The molecule has 2 fully saturated rings. The number of rotatable bonds is 4. The zero-order valence-electron chi connectivity index (χ0n) is 18.1. The van der Waals surface area contributed by atoms with Gasteiger partial charge in [-0.3, -0.25) is 14.5 Å². The fraction of sp³-hybridized carbons (Fsp3) is 0.333. The van der Waals surface area contributed by atoms with Crippen molar-refractivity contribution in [2.24, 2.45) is 0 Å². The largest absolute Gasteiger partial charge is 0.340 e. The van der Waals surface area contributed by atoms with E-state index in [1.807, 2.05) is 18.2 Å². The molecule has 0 bridgehead atoms. The molecule has 4 amide bonds. The first-order chi connectivity index (χ1) is 15.9. The van der Waals surface area contributed by atoms with Gasteiger partial charge in [0.2, 0.25) is 5.91 Å². The number of fused-ring (bicyclic) bond motifs is 1. The van der Waals surface area contributed by atoms with E-state index in [2.05, 4.69) is 11.4 Å². The number of carbonyl (C=O) groups excluding carboxylic acids is 3. The van der Waals surface area contributed by atoms with Crippen LogP contribution in [0.4, 0.5) is 4.79 Å². The van der Waals surface area contributed by atoms with Crippen molar-refractivity contribution >= 4 is 51.0 Å². The Morgan fingerprint density at radius 3 is 2.76 bits per heavy atom. The van der Waals surface area contributed by atoms with Gasteiger partial charge in [-0.05, 0) is 38.0 Å². The summed E-state index contributed by atoms with van der Waals surface area (Å²) < 4.78 is 1.13. The number of thiazole rings is 1. The second kappa shape index (κ2) is 8.43. The summed E-state index contributed by atoms with van der Waals surface area (Å²) in [5.74, 6) is -0.571. The summed E-state index contributed by atoms with van der Waals surface area (Å²) in [6, 6.07) is 14.3. The molecule has 3 aromatic rings. The van der Waals surface area contributed by atoms with Crippen molar-refractivity contribution in [3.8, 4) is 0 Å². The molecule has 3 heterocycles. The van der Waals surface area contributed by atoms with Crippen LogP contribution in [0.15, 0.2) is 48.5 Å². The van der Waals surface area contributed by atoms with Gasteiger partial charge in [0.05, 0.1) is 15.2 Å². The van der Waals surface area contributed by atoms with Crippen molar-refractivity contribution in [1.29, 1.82) is 0 Å². The molecule has 1 aromatic heterocycles. The zero-order chi connectivity index (χ0) is 23.2. The Morgan fingerprint density at radius 2 is 1.97 bits per heavy atom. The molecule has 0 unspecified atom stereocenters. The van der Waals surface area contributed by atoms with Crippen LogP contribution in [0.25, 0.3) is 10.2 Å². The van der Waals surface area contributed by atoms with Crippen molar-refractivity contribution < 1.29 is 14.4 Å². The minimum Gasteiger partial charge on any atom is -0.340 e. The highest BCUT2D eigenvalue weighted by atomic mass is 35.5. The molecule has 0 spiro atoms. The molecular formula is C24H23ClN4O3S. The van der Waals surface area contributed by atoms with E-state index < -0.39 is 17.5 Å². The van der Waals surface area contributed by atoms with Crippen LogP contribution in [0, 0.1) is 0 Å². The number of benzene rings is 2. The number of imide groups is 1. The molecule has 1 N–H and O–H groups in total. The van der Waals surface area contributed by atoms with Crippen molar-refractivity contribution in [3.05, 3.63) is 64.1 Å². The van der Waals surface area contributed by atoms with Gasteiger partial charge in [-0.2, -0.15) is 0 Å². The summed E-state index contributed by atoms with van der Waals surface area (Å²) in [5.41, 5.74) is 0.175. The number of piperidine rings is 1. The number of urea groups is 1. The Bertz CT molecular complexity index is 1230. The SMILES string of the molecule is C[C@]1(c2ccccc2Cl)NC(=O)N(CC(=O)N2CCC[C@@H](c3nc4ccccc4s3)C2)C1=O. The van der Waals surface area contributed by atoms with Crippen LogP contribution in [-0.4, -0.2) is 52.3 Å². The number of halogens is 1. The van der Waals surface area contributed by atoms with E-state index in [4.69, 9.17) is 16.6 Å². The molecule has 5 rings (SSSR count). The highest BCUT2D eigenvalue weighted by Crippen LogP contribution is 2.35. The lowest BCUT2D eigenvalue weighted by Crippen LogP contribution is -2.47. The van der Waals surface area contributed by atoms with Crippen LogP contribution in [0.1, 0.15) is 36.3 Å². The predicted octanol–water partition coefficient (Wildman–Crippen LogP) is 4.12. The third kappa shape index (κ3) is 3.87. The minimum absolute atomic E-state index is 0.150. The lowest BCUT2D eigenvalue weighted by molar-refractivity contribution is -0.139. The molecule has 2 atom stereocenters. The second-order valence-electron chi connectivity index (χ2n) is 8.63. The highest BCUT2D eigenvalue weighted by Gasteiger charge is 2.50. The van der Waals surface area contributed by atoms with Crippen LogP contribution in [-0.2, 0) is 15.1 Å². The van der Waals surface area contributed by atoms with E-state index in [9.17, 15) is 14.4 Å². The summed E-state index contributed by atoms with van der Waals surface area (Å²) in [6.45, 7) is 2.45. The molecular weight excluding hydrogens is 460 g/mol. The van der Waals surface area contributed by atoms with E-state index in [0.29, 0.717) is 23.7 Å². The number of hydrogen-bond acceptors (Lipinski definition) is 5. The monoisotopic (exact) mass is 482 g/mol. The van der Waals surface area contributed by atoms with E-state index in [1.165, 1.54) is 0 Å². The average Bonchev–Trinajstić information content (AvgIpc) is 3.34. The van der Waals surface area contributed by atoms with Crippen LogP contribution in [0.3, 0.4) is 0 Å². The van der Waals surface area contributed by atoms with Gasteiger partial charge in [-0.1, -0.05) is 41.9 Å². The third-order valence-electron chi connectivity index (χ3n) is 6.41. The lowest BCUT2D eigenvalue weighted by atomic mass is 9.92. The Kier molecular flexibility index (Phi) is 5.58. The van der Waals surface area contributed by atoms with Gasteiger partial charge in [-0.25, -0.2) is 9.78 Å². The van der Waals surface area contributed by atoms with Crippen molar-refractivity contribution in [3.63, 3.8) is 0 Å². The molecule has 170 valence electrons. The molecule has 33 heavy (non-hydrogen) atoms.